The maximum atomic E-state index is 6.01. The van der Waals surface area contributed by atoms with E-state index < -0.39 is 0 Å². The zero-order valence-corrected chi connectivity index (χ0v) is 14.2. The van der Waals surface area contributed by atoms with Crippen molar-refractivity contribution in [1.29, 1.82) is 0 Å². The number of aryl methyl sites for hydroxylation is 1. The summed E-state index contributed by atoms with van der Waals surface area (Å²) in [4.78, 5) is 5.51. The van der Waals surface area contributed by atoms with Crippen LogP contribution in [0.2, 0.25) is 0 Å². The number of benzene rings is 1. The Morgan fingerprint density at radius 1 is 1.32 bits per heavy atom. The third-order valence-electron chi connectivity index (χ3n) is 5.00. The molecule has 3 nitrogen and oxygen atoms in total. The Hall–Kier alpha value is -1.51. The molecule has 3 heteroatoms. The number of fused-ring (bicyclic) bond motifs is 3. The standard InChI is InChI=1S/C19H27NO2/c1-12(2)10-22-20-16-7-6-15-11-21-18-8-5-13(3)14(4)19(18)17(15)9-16/h5,8,12,15,17H,6-7,9-11H2,1-4H3. The summed E-state index contributed by atoms with van der Waals surface area (Å²) in [5.74, 6) is 2.76. The van der Waals surface area contributed by atoms with Gasteiger partial charge in [0.25, 0.3) is 0 Å². The highest BCUT2D eigenvalue weighted by atomic mass is 16.6. The van der Waals surface area contributed by atoms with E-state index in [2.05, 4.69) is 45.0 Å². The smallest absolute Gasteiger partial charge is 0.123 e. The molecule has 1 aliphatic carbocycles. The minimum absolute atomic E-state index is 0.523. The van der Waals surface area contributed by atoms with Crippen LogP contribution in [-0.2, 0) is 4.84 Å². The fourth-order valence-electron chi connectivity index (χ4n) is 3.57. The summed E-state index contributed by atoms with van der Waals surface area (Å²) in [5, 5.41) is 4.42. The fraction of sp³-hybridized carbons (Fsp3) is 0.632. The van der Waals surface area contributed by atoms with Gasteiger partial charge in [-0.1, -0.05) is 25.1 Å². The summed E-state index contributed by atoms with van der Waals surface area (Å²) in [6, 6.07) is 4.30. The molecule has 0 N–H and O–H groups in total. The van der Waals surface area contributed by atoms with Crippen LogP contribution >= 0.6 is 0 Å². The van der Waals surface area contributed by atoms with E-state index >= 15 is 0 Å². The molecule has 1 aromatic rings. The van der Waals surface area contributed by atoms with Gasteiger partial charge in [-0.05, 0) is 62.1 Å². The molecule has 0 aromatic heterocycles. The minimum Gasteiger partial charge on any atom is -0.493 e. The second-order valence-corrected chi connectivity index (χ2v) is 7.19. The molecule has 1 heterocycles. The predicted molar refractivity (Wildman–Crippen MR) is 89.7 cm³/mol. The van der Waals surface area contributed by atoms with Crippen LogP contribution in [-0.4, -0.2) is 18.9 Å². The SMILES string of the molecule is Cc1ccc2c(c1C)C1CC(=NOCC(C)C)CCC1CO2. The quantitative estimate of drug-likeness (QED) is 0.763. The Bertz CT molecular complexity index is 577. The van der Waals surface area contributed by atoms with Gasteiger partial charge in [-0.2, -0.15) is 0 Å². The number of hydrogen-bond donors (Lipinski definition) is 0. The van der Waals surface area contributed by atoms with Crippen molar-refractivity contribution in [2.75, 3.05) is 13.2 Å². The van der Waals surface area contributed by atoms with Crippen molar-refractivity contribution < 1.29 is 9.57 Å². The lowest BCUT2D eigenvalue weighted by atomic mass is 9.72. The molecule has 0 spiro atoms. The van der Waals surface area contributed by atoms with Gasteiger partial charge in [0, 0.05) is 11.5 Å². The van der Waals surface area contributed by atoms with Crippen molar-refractivity contribution in [3.05, 3.63) is 28.8 Å². The van der Waals surface area contributed by atoms with Gasteiger partial charge in [-0.25, -0.2) is 0 Å². The van der Waals surface area contributed by atoms with Crippen LogP contribution in [0.5, 0.6) is 5.75 Å². The second kappa shape index (κ2) is 6.31. The lowest BCUT2D eigenvalue weighted by Crippen LogP contribution is -2.32. The molecule has 0 saturated heterocycles. The Kier molecular flexibility index (Phi) is 4.42. The van der Waals surface area contributed by atoms with E-state index in [4.69, 9.17) is 9.57 Å². The van der Waals surface area contributed by atoms with E-state index in [9.17, 15) is 0 Å². The maximum absolute atomic E-state index is 6.01. The van der Waals surface area contributed by atoms with Crippen LogP contribution in [0.3, 0.4) is 0 Å². The highest BCUT2D eigenvalue weighted by molar-refractivity contribution is 5.86. The molecule has 0 radical (unpaired) electrons. The van der Waals surface area contributed by atoms with E-state index in [1.165, 1.54) is 22.4 Å². The van der Waals surface area contributed by atoms with Gasteiger partial charge in [-0.15, -0.1) is 0 Å². The zero-order chi connectivity index (χ0) is 15.7. The van der Waals surface area contributed by atoms with Crippen molar-refractivity contribution in [3.8, 4) is 5.75 Å². The first-order valence-corrected chi connectivity index (χ1v) is 8.47. The predicted octanol–water partition coefficient (Wildman–Crippen LogP) is 4.61. The van der Waals surface area contributed by atoms with Crippen LogP contribution in [0.1, 0.15) is 55.7 Å². The molecule has 1 fully saturated rings. The molecule has 120 valence electrons. The molecule has 0 bridgehead atoms. The van der Waals surface area contributed by atoms with Crippen LogP contribution in [0.25, 0.3) is 0 Å². The zero-order valence-electron chi connectivity index (χ0n) is 14.2. The van der Waals surface area contributed by atoms with Gasteiger partial charge in [0.05, 0.1) is 12.3 Å². The van der Waals surface area contributed by atoms with Gasteiger partial charge in [-0.3, -0.25) is 0 Å². The molecule has 2 unspecified atom stereocenters. The Morgan fingerprint density at radius 3 is 2.91 bits per heavy atom. The van der Waals surface area contributed by atoms with E-state index in [0.717, 1.165) is 31.6 Å². The van der Waals surface area contributed by atoms with Crippen molar-refractivity contribution in [2.45, 2.75) is 52.9 Å². The van der Waals surface area contributed by atoms with Crippen molar-refractivity contribution in [3.63, 3.8) is 0 Å². The maximum Gasteiger partial charge on any atom is 0.123 e. The lowest BCUT2D eigenvalue weighted by Gasteiger charge is -2.38. The number of nitrogens with zero attached hydrogens (tertiary/aromatic N) is 1. The molecular formula is C19H27NO2. The van der Waals surface area contributed by atoms with Gasteiger partial charge >= 0.3 is 0 Å². The van der Waals surface area contributed by atoms with Crippen LogP contribution in [0.15, 0.2) is 17.3 Å². The first kappa shape index (κ1) is 15.4. The molecule has 1 aliphatic heterocycles. The highest BCUT2D eigenvalue weighted by Gasteiger charge is 2.36. The second-order valence-electron chi connectivity index (χ2n) is 7.19. The highest BCUT2D eigenvalue weighted by Crippen LogP contribution is 2.46. The number of rotatable bonds is 3. The fourth-order valence-corrected chi connectivity index (χ4v) is 3.57. The number of hydrogen-bond acceptors (Lipinski definition) is 3. The molecule has 3 rings (SSSR count). The van der Waals surface area contributed by atoms with E-state index in [1.807, 2.05) is 0 Å². The summed E-state index contributed by atoms with van der Waals surface area (Å²) in [7, 11) is 0. The monoisotopic (exact) mass is 301 g/mol. The largest absolute Gasteiger partial charge is 0.493 e. The van der Waals surface area contributed by atoms with Gasteiger partial charge in [0.1, 0.15) is 12.4 Å². The Morgan fingerprint density at radius 2 is 2.14 bits per heavy atom. The third-order valence-corrected chi connectivity index (χ3v) is 5.00. The van der Waals surface area contributed by atoms with E-state index in [0.29, 0.717) is 24.4 Å². The first-order valence-electron chi connectivity index (χ1n) is 8.47. The molecular weight excluding hydrogens is 274 g/mol. The molecule has 22 heavy (non-hydrogen) atoms. The molecule has 2 atom stereocenters. The molecule has 0 amide bonds. The Labute approximate surface area is 133 Å². The van der Waals surface area contributed by atoms with E-state index in [-0.39, 0.29) is 0 Å². The molecule has 1 aromatic carbocycles. The molecule has 1 saturated carbocycles. The van der Waals surface area contributed by atoms with Gasteiger partial charge in [0.15, 0.2) is 0 Å². The summed E-state index contributed by atoms with van der Waals surface area (Å²) < 4.78 is 6.01. The van der Waals surface area contributed by atoms with Crippen molar-refractivity contribution >= 4 is 5.71 Å². The average Bonchev–Trinajstić information content (AvgIpc) is 2.50. The van der Waals surface area contributed by atoms with Crippen LogP contribution in [0, 0.1) is 25.7 Å². The van der Waals surface area contributed by atoms with Gasteiger partial charge < -0.3 is 9.57 Å². The van der Waals surface area contributed by atoms with Gasteiger partial charge in [0.2, 0.25) is 0 Å². The summed E-state index contributed by atoms with van der Waals surface area (Å²) in [6.45, 7) is 10.3. The number of oxime groups is 1. The third kappa shape index (κ3) is 2.99. The molecule has 2 aliphatic rings. The number of ether oxygens (including phenoxy) is 1. The van der Waals surface area contributed by atoms with Crippen LogP contribution in [0.4, 0.5) is 0 Å². The summed E-state index contributed by atoms with van der Waals surface area (Å²) in [5.41, 5.74) is 5.36. The topological polar surface area (TPSA) is 30.8 Å². The van der Waals surface area contributed by atoms with Crippen molar-refractivity contribution in [1.82, 2.24) is 0 Å². The first-order chi connectivity index (χ1) is 10.6. The summed E-state index contributed by atoms with van der Waals surface area (Å²) in [6.07, 6.45) is 3.22. The van der Waals surface area contributed by atoms with Crippen molar-refractivity contribution in [2.24, 2.45) is 17.0 Å². The lowest BCUT2D eigenvalue weighted by molar-refractivity contribution is 0.114. The van der Waals surface area contributed by atoms with Crippen LogP contribution < -0.4 is 4.74 Å². The average molecular weight is 301 g/mol. The summed E-state index contributed by atoms with van der Waals surface area (Å²) >= 11 is 0. The minimum atomic E-state index is 0.523. The Balaban J connectivity index is 1.82. The van der Waals surface area contributed by atoms with E-state index in [1.54, 1.807) is 0 Å². The normalized spacial score (nSPS) is 25.6.